The number of nitrogens with one attached hydrogen (secondary N) is 1. The maximum atomic E-state index is 14.0. The van der Waals surface area contributed by atoms with E-state index in [0.29, 0.717) is 16.7 Å². The first-order valence-electron chi connectivity index (χ1n) is 10.3. The predicted molar refractivity (Wildman–Crippen MR) is 118 cm³/mol. The Bertz CT molecular complexity index is 1340. The Hall–Kier alpha value is -3.48. The fourth-order valence-electron chi connectivity index (χ4n) is 4.60. The average Bonchev–Trinajstić information content (AvgIpc) is 3.31. The van der Waals surface area contributed by atoms with Gasteiger partial charge in [0.2, 0.25) is 0 Å². The summed E-state index contributed by atoms with van der Waals surface area (Å²) in [4.78, 5) is 14.5. The van der Waals surface area contributed by atoms with Gasteiger partial charge in [0.05, 0.1) is 17.4 Å². The van der Waals surface area contributed by atoms with Crippen molar-refractivity contribution >= 4 is 22.3 Å². The van der Waals surface area contributed by atoms with Gasteiger partial charge in [-0.25, -0.2) is 8.78 Å². The third-order valence-electron chi connectivity index (χ3n) is 6.13. The number of hydrogen-bond donors (Lipinski definition) is 1. The van der Waals surface area contributed by atoms with E-state index in [0.717, 1.165) is 47.2 Å². The standard InChI is InChI=1S/C24H22F2N4O/c1-14-9-19-20(29(2)24(14)31)6-3-7-21(19)30-8-4-5-15-10-17(16-12-27-28-13-16)18(23(25)26)11-22(15)30/h3,6-7,9-13,23H,4-5,8H2,1-2H3,(H,27,28). The largest absolute Gasteiger partial charge is 0.341 e. The second-order valence-corrected chi connectivity index (χ2v) is 8.01. The third kappa shape index (κ3) is 3.12. The summed E-state index contributed by atoms with van der Waals surface area (Å²) in [5, 5.41) is 7.57. The number of pyridine rings is 1. The molecule has 31 heavy (non-hydrogen) atoms. The highest BCUT2D eigenvalue weighted by Gasteiger charge is 2.25. The monoisotopic (exact) mass is 420 g/mol. The van der Waals surface area contributed by atoms with Crippen LogP contribution in [0.2, 0.25) is 0 Å². The molecular formula is C24H22F2N4O. The number of anilines is 2. The van der Waals surface area contributed by atoms with Gasteiger partial charge in [0.25, 0.3) is 12.0 Å². The zero-order chi connectivity index (χ0) is 21.7. The van der Waals surface area contributed by atoms with E-state index in [2.05, 4.69) is 15.1 Å². The van der Waals surface area contributed by atoms with Crippen LogP contribution in [-0.4, -0.2) is 21.3 Å². The summed E-state index contributed by atoms with van der Waals surface area (Å²) >= 11 is 0. The minimum absolute atomic E-state index is 0.00383. The van der Waals surface area contributed by atoms with Crippen LogP contribution in [0.1, 0.15) is 29.5 Å². The summed E-state index contributed by atoms with van der Waals surface area (Å²) in [7, 11) is 1.76. The van der Waals surface area contributed by atoms with Crippen molar-refractivity contribution in [3.8, 4) is 11.1 Å². The van der Waals surface area contributed by atoms with Crippen molar-refractivity contribution in [1.82, 2.24) is 14.8 Å². The van der Waals surface area contributed by atoms with Gasteiger partial charge in [-0.3, -0.25) is 9.89 Å². The second-order valence-electron chi connectivity index (χ2n) is 8.01. The molecule has 0 unspecified atom stereocenters. The van der Waals surface area contributed by atoms with E-state index in [9.17, 15) is 13.6 Å². The number of aryl methyl sites for hydroxylation is 3. The quantitative estimate of drug-likeness (QED) is 0.492. The Kier molecular flexibility index (Phi) is 4.61. The Labute approximate surface area is 177 Å². The Morgan fingerprint density at radius 2 is 2.00 bits per heavy atom. The molecule has 5 rings (SSSR count). The van der Waals surface area contributed by atoms with Crippen LogP contribution in [0.5, 0.6) is 0 Å². The number of halogens is 2. The number of nitrogens with zero attached hydrogens (tertiary/aromatic N) is 3. The maximum Gasteiger partial charge on any atom is 0.264 e. The molecule has 0 amide bonds. The van der Waals surface area contributed by atoms with Crippen LogP contribution in [0.4, 0.5) is 20.2 Å². The molecular weight excluding hydrogens is 398 g/mol. The van der Waals surface area contributed by atoms with E-state index in [1.54, 1.807) is 37.0 Å². The molecule has 0 saturated heterocycles. The van der Waals surface area contributed by atoms with Gasteiger partial charge in [-0.05, 0) is 61.2 Å². The first kappa shape index (κ1) is 19.5. The molecule has 0 fully saturated rings. The van der Waals surface area contributed by atoms with E-state index in [1.165, 1.54) is 0 Å². The number of fused-ring (bicyclic) bond motifs is 2. The van der Waals surface area contributed by atoms with Gasteiger partial charge < -0.3 is 9.47 Å². The van der Waals surface area contributed by atoms with Crippen molar-refractivity contribution in [2.45, 2.75) is 26.2 Å². The SMILES string of the molecule is Cc1cc2c(N3CCCc4cc(-c5cn[nH]c5)c(C(F)F)cc43)cccc2n(C)c1=O. The van der Waals surface area contributed by atoms with Gasteiger partial charge in [-0.2, -0.15) is 5.10 Å². The van der Waals surface area contributed by atoms with Crippen molar-refractivity contribution < 1.29 is 8.78 Å². The van der Waals surface area contributed by atoms with Crippen molar-refractivity contribution in [2.75, 3.05) is 11.4 Å². The molecule has 0 aliphatic carbocycles. The van der Waals surface area contributed by atoms with Gasteiger partial charge in [-0.1, -0.05) is 6.07 Å². The molecule has 3 heterocycles. The Morgan fingerprint density at radius 1 is 1.16 bits per heavy atom. The number of hydrogen-bond acceptors (Lipinski definition) is 3. The zero-order valence-electron chi connectivity index (χ0n) is 17.3. The minimum atomic E-state index is -2.60. The van der Waals surface area contributed by atoms with E-state index in [4.69, 9.17) is 0 Å². The van der Waals surface area contributed by atoms with Gasteiger partial charge in [0, 0.05) is 47.6 Å². The lowest BCUT2D eigenvalue weighted by atomic mass is 9.92. The predicted octanol–water partition coefficient (Wildman–Crippen LogP) is 5.26. The normalized spacial score (nSPS) is 13.8. The topological polar surface area (TPSA) is 53.9 Å². The second kappa shape index (κ2) is 7.34. The number of H-pyrrole nitrogens is 1. The highest BCUT2D eigenvalue weighted by atomic mass is 19.3. The molecule has 0 spiro atoms. The first-order valence-corrected chi connectivity index (χ1v) is 10.3. The molecule has 0 saturated carbocycles. The Balaban J connectivity index is 1.73. The summed E-state index contributed by atoms with van der Waals surface area (Å²) < 4.78 is 29.7. The van der Waals surface area contributed by atoms with E-state index < -0.39 is 6.43 Å². The van der Waals surface area contributed by atoms with Crippen LogP contribution >= 0.6 is 0 Å². The van der Waals surface area contributed by atoms with Crippen molar-refractivity contribution in [3.63, 3.8) is 0 Å². The molecule has 0 radical (unpaired) electrons. The zero-order valence-corrected chi connectivity index (χ0v) is 17.3. The summed E-state index contributed by atoms with van der Waals surface area (Å²) in [6, 6.07) is 11.2. The molecule has 4 aromatic rings. The van der Waals surface area contributed by atoms with Crippen molar-refractivity contribution in [1.29, 1.82) is 0 Å². The molecule has 0 atom stereocenters. The summed E-state index contributed by atoms with van der Waals surface area (Å²) in [6.07, 6.45) is 2.34. The summed E-state index contributed by atoms with van der Waals surface area (Å²) in [5.41, 5.74) is 5.37. The molecule has 2 aromatic carbocycles. The number of rotatable bonds is 3. The molecule has 158 valence electrons. The van der Waals surface area contributed by atoms with Crippen LogP contribution in [0.3, 0.4) is 0 Å². The lowest BCUT2D eigenvalue weighted by Gasteiger charge is -2.33. The minimum Gasteiger partial charge on any atom is -0.341 e. The molecule has 1 aliphatic heterocycles. The van der Waals surface area contributed by atoms with Crippen LogP contribution in [0.25, 0.3) is 22.0 Å². The lowest BCUT2D eigenvalue weighted by molar-refractivity contribution is 0.152. The van der Waals surface area contributed by atoms with Crippen LogP contribution in [0.15, 0.2) is 53.6 Å². The molecule has 2 aromatic heterocycles. The fraction of sp³-hybridized carbons (Fsp3) is 0.250. The van der Waals surface area contributed by atoms with Gasteiger partial charge >= 0.3 is 0 Å². The number of benzene rings is 2. The first-order chi connectivity index (χ1) is 15.0. The van der Waals surface area contributed by atoms with Crippen LogP contribution in [-0.2, 0) is 13.5 Å². The van der Waals surface area contributed by atoms with Gasteiger partial charge in [-0.15, -0.1) is 0 Å². The highest BCUT2D eigenvalue weighted by Crippen LogP contribution is 2.42. The van der Waals surface area contributed by atoms with Gasteiger partial charge in [0.15, 0.2) is 0 Å². The third-order valence-corrected chi connectivity index (χ3v) is 6.13. The summed E-state index contributed by atoms with van der Waals surface area (Å²) in [5.74, 6) is 0. The van der Waals surface area contributed by atoms with E-state index >= 15 is 0 Å². The molecule has 5 nitrogen and oxygen atoms in total. The fourth-order valence-corrected chi connectivity index (χ4v) is 4.60. The number of alkyl halides is 2. The van der Waals surface area contributed by atoms with E-state index in [1.807, 2.05) is 30.3 Å². The van der Waals surface area contributed by atoms with E-state index in [-0.39, 0.29) is 11.1 Å². The summed E-state index contributed by atoms with van der Waals surface area (Å²) in [6.45, 7) is 2.52. The van der Waals surface area contributed by atoms with Crippen LogP contribution in [0, 0.1) is 6.92 Å². The maximum absolute atomic E-state index is 14.0. The number of aromatic amines is 1. The molecule has 7 heteroatoms. The van der Waals surface area contributed by atoms with Gasteiger partial charge in [0.1, 0.15) is 0 Å². The smallest absolute Gasteiger partial charge is 0.264 e. The lowest BCUT2D eigenvalue weighted by Crippen LogP contribution is -2.26. The van der Waals surface area contributed by atoms with Crippen molar-refractivity contribution in [2.24, 2.45) is 7.05 Å². The molecule has 1 N–H and O–H groups in total. The molecule has 1 aliphatic rings. The average molecular weight is 420 g/mol. The molecule has 0 bridgehead atoms. The highest BCUT2D eigenvalue weighted by molar-refractivity contribution is 5.95. The van der Waals surface area contributed by atoms with Crippen LogP contribution < -0.4 is 10.5 Å². The number of aromatic nitrogens is 3. The van der Waals surface area contributed by atoms with Crippen molar-refractivity contribution in [3.05, 3.63) is 75.8 Å². The Morgan fingerprint density at radius 3 is 2.74 bits per heavy atom.